The van der Waals surface area contributed by atoms with Gasteiger partial charge in [-0.1, -0.05) is 0 Å². The molecule has 0 rings (SSSR count). The lowest BCUT2D eigenvalue weighted by molar-refractivity contribution is -0.137. The largest absolute Gasteiger partial charge is 0.479 e. The lowest BCUT2D eigenvalue weighted by Crippen LogP contribution is -2.49. The van der Waals surface area contributed by atoms with Crippen LogP contribution in [0.1, 0.15) is 6.92 Å². The first kappa shape index (κ1) is 12.3. The van der Waals surface area contributed by atoms with Crippen molar-refractivity contribution in [3.8, 4) is 0 Å². The molecule has 0 aliphatic heterocycles. The summed E-state index contributed by atoms with van der Waals surface area (Å²) in [6.07, 6.45) is 0. The Morgan fingerprint density at radius 3 is 1.31 bits per heavy atom. The smallest absolute Gasteiger partial charge is 0.345 e. The molecule has 0 amide bonds. The van der Waals surface area contributed by atoms with Crippen molar-refractivity contribution in [2.45, 2.75) is 11.0 Å². The van der Waals surface area contributed by atoms with Crippen molar-refractivity contribution >= 4 is 26.2 Å². The van der Waals surface area contributed by atoms with Gasteiger partial charge in [-0.15, -0.1) is 0 Å². The van der Waals surface area contributed by atoms with Crippen molar-refractivity contribution in [2.75, 3.05) is 0 Å². The molecule has 0 fully saturated rings. The van der Waals surface area contributed by atoms with Gasteiger partial charge in [0.1, 0.15) is 0 Å². The number of hydrogen-bond donors (Lipinski definition) is 3. The van der Waals surface area contributed by atoms with Gasteiger partial charge in [0.15, 0.2) is 0 Å². The van der Waals surface area contributed by atoms with Crippen molar-refractivity contribution in [3.05, 3.63) is 0 Å². The average molecular weight is 234 g/mol. The molecule has 0 aromatic carbocycles. The van der Waals surface area contributed by atoms with Gasteiger partial charge in [0.25, 0.3) is 20.2 Å². The predicted octanol–water partition coefficient (Wildman–Crippen LogP) is -1.44. The molecular weight excluding hydrogens is 228 g/mol. The molecule has 0 spiro atoms. The molecule has 0 radical (unpaired) electrons. The monoisotopic (exact) mass is 234 g/mol. The molecule has 0 heterocycles. The quantitative estimate of drug-likeness (QED) is 0.503. The Morgan fingerprint density at radius 1 is 1.08 bits per heavy atom. The van der Waals surface area contributed by atoms with E-state index in [9.17, 15) is 21.6 Å². The third-order valence-corrected chi connectivity index (χ3v) is 4.95. The summed E-state index contributed by atoms with van der Waals surface area (Å²) >= 11 is 0. The van der Waals surface area contributed by atoms with E-state index in [1.807, 2.05) is 0 Å². The zero-order valence-corrected chi connectivity index (χ0v) is 7.83. The maximum Gasteiger partial charge on any atom is 0.345 e. The van der Waals surface area contributed by atoms with Crippen LogP contribution in [-0.4, -0.2) is 41.1 Å². The van der Waals surface area contributed by atoms with E-state index in [4.69, 9.17) is 14.2 Å². The molecule has 0 saturated heterocycles. The Hall–Kier alpha value is -0.710. The Morgan fingerprint density at radius 2 is 1.31 bits per heavy atom. The fourth-order valence-corrected chi connectivity index (χ4v) is 1.86. The van der Waals surface area contributed by atoms with E-state index in [2.05, 4.69) is 0 Å². The first-order valence-corrected chi connectivity index (χ1v) is 5.50. The predicted molar refractivity (Wildman–Crippen MR) is 39.1 cm³/mol. The minimum absolute atomic E-state index is 0.153. The fraction of sp³-hybridized carbons (Fsp3) is 0.667. The molecule has 0 aliphatic rings. The summed E-state index contributed by atoms with van der Waals surface area (Å²) in [5.41, 5.74) is 0. The first-order valence-electron chi connectivity index (χ1n) is 2.62. The van der Waals surface area contributed by atoms with Gasteiger partial charge in [-0.05, 0) is 6.92 Å². The fourth-order valence-electron chi connectivity index (χ4n) is 0.354. The molecular formula is C3H6O8S2. The lowest BCUT2D eigenvalue weighted by atomic mass is 10.5. The van der Waals surface area contributed by atoms with Crippen molar-refractivity contribution in [2.24, 2.45) is 0 Å². The highest BCUT2D eigenvalue weighted by Crippen LogP contribution is 2.22. The highest BCUT2D eigenvalue weighted by Gasteiger charge is 2.57. The first-order chi connectivity index (χ1) is 5.44. The molecule has 0 aromatic heterocycles. The highest BCUT2D eigenvalue weighted by molar-refractivity contribution is 8.06. The SMILES string of the molecule is CC(C(=O)O)(S(=O)(=O)O)S(=O)(=O)O. The number of rotatable bonds is 3. The minimum Gasteiger partial charge on any atom is -0.479 e. The maximum atomic E-state index is 10.4. The Kier molecular flexibility index (Phi) is 2.75. The standard InChI is InChI=1S/C3H6O8S2/c1-3(2(4)5,12(6,7)8)13(9,10)11/h1H3,(H,4,5)(H,6,7,8)(H,9,10,11). The molecule has 0 atom stereocenters. The molecule has 10 heteroatoms. The van der Waals surface area contributed by atoms with Crippen molar-refractivity contribution in [1.82, 2.24) is 0 Å². The summed E-state index contributed by atoms with van der Waals surface area (Å²) in [5.74, 6) is -2.39. The van der Waals surface area contributed by atoms with E-state index < -0.39 is 30.3 Å². The van der Waals surface area contributed by atoms with Crippen LogP contribution >= 0.6 is 0 Å². The van der Waals surface area contributed by atoms with Gasteiger partial charge < -0.3 is 5.11 Å². The second-order valence-corrected chi connectivity index (χ2v) is 5.99. The van der Waals surface area contributed by atoms with Gasteiger partial charge in [-0.25, -0.2) is 4.79 Å². The maximum absolute atomic E-state index is 10.4. The molecule has 3 N–H and O–H groups in total. The van der Waals surface area contributed by atoms with Crippen molar-refractivity contribution < 1.29 is 35.8 Å². The van der Waals surface area contributed by atoms with E-state index >= 15 is 0 Å². The molecule has 0 bridgehead atoms. The number of aliphatic carboxylic acids is 1. The van der Waals surface area contributed by atoms with Crippen LogP contribution in [0.2, 0.25) is 0 Å². The normalized spacial score (nSPS) is 14.1. The average Bonchev–Trinajstić information content (AvgIpc) is 1.80. The van der Waals surface area contributed by atoms with Gasteiger partial charge in [0.2, 0.25) is 0 Å². The molecule has 13 heavy (non-hydrogen) atoms. The van der Waals surface area contributed by atoms with Crippen molar-refractivity contribution in [1.29, 1.82) is 0 Å². The van der Waals surface area contributed by atoms with Gasteiger partial charge in [-0.3, -0.25) is 9.11 Å². The van der Waals surface area contributed by atoms with Gasteiger partial charge in [-0.2, -0.15) is 16.8 Å². The third kappa shape index (κ3) is 1.80. The zero-order chi connectivity index (χ0) is 11.1. The van der Waals surface area contributed by atoms with E-state index in [-0.39, 0.29) is 6.92 Å². The van der Waals surface area contributed by atoms with Gasteiger partial charge in [0.05, 0.1) is 0 Å². The summed E-state index contributed by atoms with van der Waals surface area (Å²) in [4.78, 5) is 10.2. The van der Waals surface area contributed by atoms with Crippen LogP contribution in [0.15, 0.2) is 0 Å². The summed E-state index contributed by atoms with van der Waals surface area (Å²) in [6, 6.07) is 0. The molecule has 0 unspecified atom stereocenters. The van der Waals surface area contributed by atoms with Crippen LogP contribution in [0.4, 0.5) is 0 Å². The minimum atomic E-state index is -5.46. The van der Waals surface area contributed by atoms with Crippen LogP contribution in [0.3, 0.4) is 0 Å². The summed E-state index contributed by atoms with van der Waals surface area (Å²) in [6.45, 7) is 0.153. The summed E-state index contributed by atoms with van der Waals surface area (Å²) in [5, 5.41) is 8.23. The van der Waals surface area contributed by atoms with Crippen LogP contribution in [0.5, 0.6) is 0 Å². The highest BCUT2D eigenvalue weighted by atomic mass is 32.3. The molecule has 0 saturated carbocycles. The second-order valence-electron chi connectivity index (χ2n) is 2.20. The summed E-state index contributed by atoms with van der Waals surface area (Å²) in [7, 11) is -10.9. The van der Waals surface area contributed by atoms with Crippen LogP contribution < -0.4 is 0 Å². The number of hydrogen-bond acceptors (Lipinski definition) is 5. The molecule has 8 nitrogen and oxygen atoms in total. The Balaban J connectivity index is 5.96. The molecule has 78 valence electrons. The van der Waals surface area contributed by atoms with Gasteiger partial charge >= 0.3 is 10.0 Å². The second kappa shape index (κ2) is 2.90. The van der Waals surface area contributed by atoms with E-state index in [0.717, 1.165) is 0 Å². The zero-order valence-electron chi connectivity index (χ0n) is 6.20. The molecule has 0 aliphatic carbocycles. The molecule has 0 aromatic rings. The van der Waals surface area contributed by atoms with Crippen LogP contribution in [0, 0.1) is 0 Å². The lowest BCUT2D eigenvalue weighted by Gasteiger charge is -2.16. The Labute approximate surface area is 73.7 Å². The van der Waals surface area contributed by atoms with Crippen LogP contribution in [-0.2, 0) is 25.0 Å². The van der Waals surface area contributed by atoms with Gasteiger partial charge in [0, 0.05) is 0 Å². The van der Waals surface area contributed by atoms with E-state index in [0.29, 0.717) is 0 Å². The van der Waals surface area contributed by atoms with Crippen molar-refractivity contribution in [3.63, 3.8) is 0 Å². The number of carboxylic acids is 1. The van der Waals surface area contributed by atoms with E-state index in [1.165, 1.54) is 0 Å². The number of carboxylic acid groups (broad SMARTS) is 1. The summed E-state index contributed by atoms with van der Waals surface area (Å²) < 4.78 is 54.4. The van der Waals surface area contributed by atoms with Crippen LogP contribution in [0.25, 0.3) is 0 Å². The number of carbonyl (C=O) groups is 1. The topological polar surface area (TPSA) is 146 Å². The Bertz CT molecular complexity index is 380. The third-order valence-electron chi connectivity index (χ3n) is 1.37. The van der Waals surface area contributed by atoms with E-state index in [1.54, 1.807) is 0 Å².